The van der Waals surface area contributed by atoms with Gasteiger partial charge in [-0.25, -0.2) is 4.98 Å². The number of pyridine rings is 1. The van der Waals surface area contributed by atoms with Crippen LogP contribution in [0.2, 0.25) is 5.02 Å². The summed E-state index contributed by atoms with van der Waals surface area (Å²) in [7, 11) is 0. The summed E-state index contributed by atoms with van der Waals surface area (Å²) >= 11 is 5.73. The third kappa shape index (κ3) is 4.09. The van der Waals surface area contributed by atoms with Crippen LogP contribution in [0.5, 0.6) is 0 Å². The molecule has 1 amide bonds. The third-order valence-corrected chi connectivity index (χ3v) is 2.12. The van der Waals surface area contributed by atoms with Gasteiger partial charge in [-0.05, 0) is 0 Å². The van der Waals surface area contributed by atoms with Crippen LogP contribution in [0.3, 0.4) is 0 Å². The summed E-state index contributed by atoms with van der Waals surface area (Å²) in [6.07, 6.45) is 0.833. The Labute approximate surface area is 102 Å². The Hall–Kier alpha value is -2.13. The SMILES string of the molecule is N#Cc1cnc(NC(=O)CCC(=O)O)cc1Cl. The van der Waals surface area contributed by atoms with E-state index in [1.165, 1.54) is 12.3 Å². The van der Waals surface area contributed by atoms with Gasteiger partial charge in [-0.15, -0.1) is 0 Å². The summed E-state index contributed by atoms with van der Waals surface area (Å²) in [5.41, 5.74) is 0.204. The van der Waals surface area contributed by atoms with Gasteiger partial charge >= 0.3 is 5.97 Å². The van der Waals surface area contributed by atoms with Crippen LogP contribution in [0.25, 0.3) is 0 Å². The lowest BCUT2D eigenvalue weighted by Gasteiger charge is -2.03. The maximum atomic E-state index is 11.3. The highest BCUT2D eigenvalue weighted by molar-refractivity contribution is 6.32. The number of anilines is 1. The molecule has 0 unspecified atom stereocenters. The van der Waals surface area contributed by atoms with Gasteiger partial charge in [0.2, 0.25) is 5.91 Å². The van der Waals surface area contributed by atoms with Crippen molar-refractivity contribution in [3.8, 4) is 6.07 Å². The number of aliphatic carboxylic acids is 1. The number of carboxylic acid groups (broad SMARTS) is 1. The molecule has 6 nitrogen and oxygen atoms in total. The van der Waals surface area contributed by atoms with Crippen molar-refractivity contribution < 1.29 is 14.7 Å². The maximum absolute atomic E-state index is 11.3. The van der Waals surface area contributed by atoms with Gasteiger partial charge in [0.05, 0.1) is 17.0 Å². The highest BCUT2D eigenvalue weighted by atomic mass is 35.5. The van der Waals surface area contributed by atoms with E-state index >= 15 is 0 Å². The van der Waals surface area contributed by atoms with Gasteiger partial charge in [-0.2, -0.15) is 5.26 Å². The van der Waals surface area contributed by atoms with Gasteiger partial charge in [-0.3, -0.25) is 9.59 Å². The smallest absolute Gasteiger partial charge is 0.303 e. The van der Waals surface area contributed by atoms with E-state index in [0.29, 0.717) is 0 Å². The Bertz CT molecular complexity index is 496. The van der Waals surface area contributed by atoms with Crippen LogP contribution in [-0.2, 0) is 9.59 Å². The fourth-order valence-electron chi connectivity index (χ4n) is 1.01. The maximum Gasteiger partial charge on any atom is 0.303 e. The Kier molecular flexibility index (Phi) is 4.43. The summed E-state index contributed by atoms with van der Waals surface area (Å²) in [5.74, 6) is -1.34. The summed E-state index contributed by atoms with van der Waals surface area (Å²) in [6, 6.07) is 3.16. The van der Waals surface area contributed by atoms with Crippen molar-refractivity contribution in [1.29, 1.82) is 5.26 Å². The molecule has 0 saturated carbocycles. The van der Waals surface area contributed by atoms with Crippen molar-refractivity contribution in [2.45, 2.75) is 12.8 Å². The number of nitriles is 1. The molecule has 0 spiro atoms. The molecule has 0 aliphatic carbocycles. The predicted molar refractivity (Wildman–Crippen MR) is 59.5 cm³/mol. The number of carboxylic acids is 1. The Morgan fingerprint density at radius 2 is 2.24 bits per heavy atom. The van der Waals surface area contributed by atoms with Crippen molar-refractivity contribution in [2.24, 2.45) is 0 Å². The summed E-state index contributed by atoms with van der Waals surface area (Å²) < 4.78 is 0. The average molecular weight is 254 g/mol. The minimum absolute atomic E-state index is 0.144. The summed E-state index contributed by atoms with van der Waals surface area (Å²) in [6.45, 7) is 0. The Morgan fingerprint density at radius 1 is 1.53 bits per heavy atom. The first-order valence-corrected chi connectivity index (χ1v) is 4.98. The second-order valence-corrected chi connectivity index (χ2v) is 3.51. The molecule has 0 aromatic carbocycles. The van der Waals surface area contributed by atoms with E-state index in [2.05, 4.69) is 10.3 Å². The van der Waals surface area contributed by atoms with Crippen molar-refractivity contribution in [3.05, 3.63) is 22.8 Å². The lowest BCUT2D eigenvalue weighted by atomic mass is 10.3. The molecule has 88 valence electrons. The summed E-state index contributed by atoms with van der Waals surface area (Å²) in [4.78, 5) is 25.3. The molecule has 1 rings (SSSR count). The molecular weight excluding hydrogens is 246 g/mol. The van der Waals surface area contributed by atoms with Crippen molar-refractivity contribution in [2.75, 3.05) is 5.32 Å². The molecule has 0 saturated heterocycles. The van der Waals surface area contributed by atoms with E-state index in [9.17, 15) is 9.59 Å². The standard InChI is InChI=1S/C10H8ClN3O3/c11-7-3-8(13-5-6(7)4-12)14-9(15)1-2-10(16)17/h3,5H,1-2H2,(H,16,17)(H,13,14,15). The van der Waals surface area contributed by atoms with E-state index < -0.39 is 11.9 Å². The van der Waals surface area contributed by atoms with Crippen LogP contribution in [0, 0.1) is 11.3 Å². The molecule has 0 aliphatic heterocycles. The predicted octanol–water partition coefficient (Wildman–Crippen LogP) is 1.41. The minimum Gasteiger partial charge on any atom is -0.481 e. The molecule has 0 radical (unpaired) electrons. The first-order valence-electron chi connectivity index (χ1n) is 4.60. The molecule has 1 aromatic heterocycles. The molecule has 0 aliphatic rings. The fraction of sp³-hybridized carbons (Fsp3) is 0.200. The van der Waals surface area contributed by atoms with Gasteiger partial charge < -0.3 is 10.4 Å². The number of nitrogens with zero attached hydrogens (tertiary/aromatic N) is 2. The van der Waals surface area contributed by atoms with Crippen LogP contribution >= 0.6 is 11.6 Å². The highest BCUT2D eigenvalue weighted by Gasteiger charge is 2.08. The zero-order valence-electron chi connectivity index (χ0n) is 8.61. The van der Waals surface area contributed by atoms with Crippen LogP contribution < -0.4 is 5.32 Å². The van der Waals surface area contributed by atoms with Gasteiger partial charge in [-0.1, -0.05) is 11.6 Å². The van der Waals surface area contributed by atoms with Gasteiger partial charge in [0.1, 0.15) is 11.9 Å². The van der Waals surface area contributed by atoms with Crippen LogP contribution in [0.15, 0.2) is 12.3 Å². The lowest BCUT2D eigenvalue weighted by molar-refractivity contribution is -0.138. The van der Waals surface area contributed by atoms with Gasteiger partial charge in [0, 0.05) is 18.7 Å². The van der Waals surface area contributed by atoms with E-state index in [1.807, 2.05) is 6.07 Å². The van der Waals surface area contributed by atoms with Crippen LogP contribution in [0.1, 0.15) is 18.4 Å². The number of rotatable bonds is 4. The van der Waals surface area contributed by atoms with Crippen molar-refractivity contribution in [3.63, 3.8) is 0 Å². The van der Waals surface area contributed by atoms with E-state index in [4.69, 9.17) is 22.0 Å². The minimum atomic E-state index is -1.05. The van der Waals surface area contributed by atoms with E-state index in [-0.39, 0.29) is 29.2 Å². The largest absolute Gasteiger partial charge is 0.481 e. The lowest BCUT2D eigenvalue weighted by Crippen LogP contribution is -2.14. The number of carbonyl (C=O) groups excluding carboxylic acids is 1. The van der Waals surface area contributed by atoms with Crippen LogP contribution in [0.4, 0.5) is 5.82 Å². The average Bonchev–Trinajstić information content (AvgIpc) is 2.26. The zero-order valence-corrected chi connectivity index (χ0v) is 9.36. The molecule has 17 heavy (non-hydrogen) atoms. The monoisotopic (exact) mass is 253 g/mol. The molecule has 0 atom stereocenters. The molecule has 0 fully saturated rings. The first-order chi connectivity index (χ1) is 8.02. The third-order valence-electron chi connectivity index (χ3n) is 1.81. The molecule has 1 heterocycles. The quantitative estimate of drug-likeness (QED) is 0.844. The number of aromatic nitrogens is 1. The number of amides is 1. The van der Waals surface area contributed by atoms with Crippen molar-refractivity contribution >= 4 is 29.3 Å². The normalized spacial score (nSPS) is 9.41. The number of nitrogens with one attached hydrogen (secondary N) is 1. The second-order valence-electron chi connectivity index (χ2n) is 3.10. The number of hydrogen-bond acceptors (Lipinski definition) is 4. The van der Waals surface area contributed by atoms with Gasteiger partial charge in [0.25, 0.3) is 0 Å². The molecular formula is C10H8ClN3O3. The fourth-order valence-corrected chi connectivity index (χ4v) is 1.20. The van der Waals surface area contributed by atoms with E-state index in [0.717, 1.165) is 0 Å². The topological polar surface area (TPSA) is 103 Å². The Morgan fingerprint density at radius 3 is 2.76 bits per heavy atom. The Balaban J connectivity index is 2.64. The molecule has 0 bridgehead atoms. The van der Waals surface area contributed by atoms with Crippen molar-refractivity contribution in [1.82, 2.24) is 4.98 Å². The number of hydrogen-bond donors (Lipinski definition) is 2. The second kappa shape index (κ2) is 5.82. The summed E-state index contributed by atoms with van der Waals surface area (Å²) in [5, 5.41) is 19.6. The van der Waals surface area contributed by atoms with Crippen LogP contribution in [-0.4, -0.2) is 22.0 Å². The first kappa shape index (κ1) is 12.9. The van der Waals surface area contributed by atoms with Gasteiger partial charge in [0.15, 0.2) is 0 Å². The van der Waals surface area contributed by atoms with E-state index in [1.54, 1.807) is 0 Å². The molecule has 7 heteroatoms. The highest BCUT2D eigenvalue weighted by Crippen LogP contribution is 2.17. The zero-order chi connectivity index (χ0) is 12.8. The number of halogens is 1. The molecule has 2 N–H and O–H groups in total. The molecule has 1 aromatic rings. The number of carbonyl (C=O) groups is 2.